The molecule has 0 amide bonds. The number of benzene rings is 1. The van der Waals surface area contributed by atoms with Crippen molar-refractivity contribution in [3.05, 3.63) is 48.6 Å². The third-order valence-corrected chi connectivity index (χ3v) is 4.73. The van der Waals surface area contributed by atoms with E-state index in [0.29, 0.717) is 12.0 Å². The highest BCUT2D eigenvalue weighted by Crippen LogP contribution is 2.40. The minimum absolute atomic E-state index is 0.298. The van der Waals surface area contributed by atoms with Gasteiger partial charge in [0, 0.05) is 6.61 Å². The number of hydrogen-bond donors (Lipinski definition) is 0. The summed E-state index contributed by atoms with van der Waals surface area (Å²) in [6.07, 6.45) is 11.3. The quantitative estimate of drug-likeness (QED) is 0.538. The van der Waals surface area contributed by atoms with E-state index >= 15 is 0 Å². The van der Waals surface area contributed by atoms with Crippen molar-refractivity contribution in [2.75, 3.05) is 6.61 Å². The van der Waals surface area contributed by atoms with Crippen LogP contribution in [0.1, 0.15) is 63.5 Å². The first-order chi connectivity index (χ1) is 10.3. The molecule has 1 aromatic carbocycles. The Hall–Kier alpha value is -1.08. The largest absolute Gasteiger partial charge is 0.373 e. The number of ether oxygens (including phenoxy) is 1. The Morgan fingerprint density at radius 2 is 1.90 bits per heavy atom. The smallest absolute Gasteiger partial charge is 0.0853 e. The zero-order chi connectivity index (χ0) is 14.9. The summed E-state index contributed by atoms with van der Waals surface area (Å²) in [4.78, 5) is 0. The van der Waals surface area contributed by atoms with Crippen molar-refractivity contribution in [1.29, 1.82) is 0 Å². The van der Waals surface area contributed by atoms with E-state index in [2.05, 4.69) is 49.9 Å². The van der Waals surface area contributed by atoms with Crippen LogP contribution in [-0.4, -0.2) is 6.61 Å². The zero-order valence-corrected chi connectivity index (χ0v) is 13.5. The average Bonchev–Trinajstić information content (AvgIpc) is 2.55. The minimum atomic E-state index is 0.298. The van der Waals surface area contributed by atoms with E-state index < -0.39 is 0 Å². The molecule has 0 N–H and O–H groups in total. The average molecular weight is 286 g/mol. The van der Waals surface area contributed by atoms with Gasteiger partial charge in [0.1, 0.15) is 0 Å². The van der Waals surface area contributed by atoms with Crippen molar-refractivity contribution < 1.29 is 4.74 Å². The Morgan fingerprint density at radius 3 is 2.52 bits per heavy atom. The van der Waals surface area contributed by atoms with Crippen LogP contribution in [-0.2, 0) is 4.74 Å². The summed E-state index contributed by atoms with van der Waals surface area (Å²) < 4.78 is 6.22. The SMILES string of the molecule is C=CCCC1CCC(C(OCCC)c2ccccc2)CC1. The van der Waals surface area contributed by atoms with Crippen LogP contribution in [0.5, 0.6) is 0 Å². The molecule has 1 aliphatic carbocycles. The highest BCUT2D eigenvalue weighted by molar-refractivity contribution is 5.18. The van der Waals surface area contributed by atoms with Gasteiger partial charge in [-0.3, -0.25) is 0 Å². The Morgan fingerprint density at radius 1 is 1.19 bits per heavy atom. The second kappa shape index (κ2) is 9.04. The van der Waals surface area contributed by atoms with Crippen LogP contribution in [0.25, 0.3) is 0 Å². The molecule has 0 bridgehead atoms. The van der Waals surface area contributed by atoms with Gasteiger partial charge in [-0.05, 0) is 49.5 Å². The fraction of sp³-hybridized carbons (Fsp3) is 0.600. The zero-order valence-electron chi connectivity index (χ0n) is 13.5. The molecule has 1 atom stereocenters. The lowest BCUT2D eigenvalue weighted by Crippen LogP contribution is -2.23. The number of allylic oxidation sites excluding steroid dienone is 1. The van der Waals surface area contributed by atoms with Crippen molar-refractivity contribution in [1.82, 2.24) is 0 Å². The maximum atomic E-state index is 6.22. The van der Waals surface area contributed by atoms with Gasteiger partial charge in [0.05, 0.1) is 6.10 Å². The van der Waals surface area contributed by atoms with Gasteiger partial charge in [0.15, 0.2) is 0 Å². The molecule has 1 aromatic rings. The Kier molecular flexibility index (Phi) is 7.02. The van der Waals surface area contributed by atoms with E-state index in [4.69, 9.17) is 4.74 Å². The first-order valence-electron chi connectivity index (χ1n) is 8.62. The van der Waals surface area contributed by atoms with Gasteiger partial charge in [0.2, 0.25) is 0 Å². The van der Waals surface area contributed by atoms with E-state index in [0.717, 1.165) is 18.9 Å². The van der Waals surface area contributed by atoms with Crippen LogP contribution >= 0.6 is 0 Å². The van der Waals surface area contributed by atoms with Gasteiger partial charge < -0.3 is 4.74 Å². The molecule has 116 valence electrons. The molecule has 0 heterocycles. The molecular formula is C20H30O. The van der Waals surface area contributed by atoms with E-state index in [9.17, 15) is 0 Å². The van der Waals surface area contributed by atoms with Gasteiger partial charge in [-0.25, -0.2) is 0 Å². The number of rotatable bonds is 8. The predicted octanol–water partition coefficient (Wildman–Crippen LogP) is 5.93. The monoisotopic (exact) mass is 286 g/mol. The molecule has 0 spiro atoms. The van der Waals surface area contributed by atoms with Crippen LogP contribution in [0.4, 0.5) is 0 Å². The molecule has 0 aliphatic heterocycles. The van der Waals surface area contributed by atoms with Crippen LogP contribution in [0, 0.1) is 11.8 Å². The maximum absolute atomic E-state index is 6.22. The van der Waals surface area contributed by atoms with Crippen molar-refractivity contribution in [2.24, 2.45) is 11.8 Å². The number of hydrogen-bond acceptors (Lipinski definition) is 1. The van der Waals surface area contributed by atoms with Crippen LogP contribution < -0.4 is 0 Å². The van der Waals surface area contributed by atoms with Gasteiger partial charge in [-0.2, -0.15) is 0 Å². The summed E-state index contributed by atoms with van der Waals surface area (Å²) in [5, 5.41) is 0. The Bertz CT molecular complexity index is 390. The summed E-state index contributed by atoms with van der Waals surface area (Å²) in [6, 6.07) is 10.8. The van der Waals surface area contributed by atoms with E-state index in [-0.39, 0.29) is 0 Å². The second-order valence-electron chi connectivity index (χ2n) is 6.35. The Labute approximate surface area is 130 Å². The topological polar surface area (TPSA) is 9.23 Å². The normalized spacial score (nSPS) is 23.7. The molecule has 21 heavy (non-hydrogen) atoms. The summed E-state index contributed by atoms with van der Waals surface area (Å²) in [5.74, 6) is 1.60. The van der Waals surface area contributed by atoms with Crippen LogP contribution in [0.2, 0.25) is 0 Å². The Balaban J connectivity index is 1.94. The lowest BCUT2D eigenvalue weighted by Gasteiger charge is -2.34. The van der Waals surface area contributed by atoms with Gasteiger partial charge in [-0.1, -0.05) is 56.2 Å². The standard InChI is InChI=1S/C20H30O/c1-3-5-9-17-12-14-19(15-13-17)20(21-16-4-2)18-10-7-6-8-11-18/h3,6-8,10-11,17,19-20H,1,4-5,9,12-16H2,2H3. The van der Waals surface area contributed by atoms with Gasteiger partial charge in [0.25, 0.3) is 0 Å². The summed E-state index contributed by atoms with van der Waals surface area (Å²) in [5.41, 5.74) is 1.36. The van der Waals surface area contributed by atoms with Crippen molar-refractivity contribution in [3.8, 4) is 0 Å². The minimum Gasteiger partial charge on any atom is -0.373 e. The first-order valence-corrected chi connectivity index (χ1v) is 8.62. The van der Waals surface area contributed by atoms with Crippen LogP contribution in [0.3, 0.4) is 0 Å². The highest BCUT2D eigenvalue weighted by Gasteiger charge is 2.28. The molecule has 1 fully saturated rings. The lowest BCUT2D eigenvalue weighted by molar-refractivity contribution is -0.00644. The summed E-state index contributed by atoms with van der Waals surface area (Å²) in [6.45, 7) is 6.90. The molecule has 0 saturated heterocycles. The molecule has 2 rings (SSSR count). The predicted molar refractivity (Wildman–Crippen MR) is 90.3 cm³/mol. The second-order valence-corrected chi connectivity index (χ2v) is 6.35. The maximum Gasteiger partial charge on any atom is 0.0853 e. The van der Waals surface area contributed by atoms with E-state index in [1.165, 1.54) is 44.1 Å². The van der Waals surface area contributed by atoms with Crippen molar-refractivity contribution in [2.45, 2.75) is 58.0 Å². The van der Waals surface area contributed by atoms with Crippen LogP contribution in [0.15, 0.2) is 43.0 Å². The molecule has 1 heteroatoms. The van der Waals surface area contributed by atoms with Crippen molar-refractivity contribution in [3.63, 3.8) is 0 Å². The summed E-state index contributed by atoms with van der Waals surface area (Å²) in [7, 11) is 0. The van der Waals surface area contributed by atoms with Gasteiger partial charge in [-0.15, -0.1) is 6.58 Å². The van der Waals surface area contributed by atoms with E-state index in [1.807, 2.05) is 0 Å². The molecule has 1 aliphatic rings. The third kappa shape index (κ3) is 5.00. The van der Waals surface area contributed by atoms with E-state index in [1.54, 1.807) is 0 Å². The molecule has 1 unspecified atom stereocenters. The third-order valence-electron chi connectivity index (χ3n) is 4.73. The van der Waals surface area contributed by atoms with Gasteiger partial charge >= 0.3 is 0 Å². The molecule has 1 saturated carbocycles. The fourth-order valence-corrected chi connectivity index (χ4v) is 3.53. The summed E-state index contributed by atoms with van der Waals surface area (Å²) >= 11 is 0. The highest BCUT2D eigenvalue weighted by atomic mass is 16.5. The molecule has 0 aromatic heterocycles. The molecule has 0 radical (unpaired) electrons. The first kappa shape index (κ1) is 16.3. The molecule has 1 nitrogen and oxygen atoms in total. The van der Waals surface area contributed by atoms with Crippen molar-refractivity contribution >= 4 is 0 Å². The molecular weight excluding hydrogens is 256 g/mol. The fourth-order valence-electron chi connectivity index (χ4n) is 3.53. The lowest BCUT2D eigenvalue weighted by atomic mass is 9.76.